The lowest BCUT2D eigenvalue weighted by molar-refractivity contribution is 0.0485. The fourth-order valence-corrected chi connectivity index (χ4v) is 5.46. The van der Waals surface area contributed by atoms with Crippen LogP contribution in [0.1, 0.15) is 70.4 Å². The Morgan fingerprint density at radius 1 is 0.756 bits per heavy atom. The third-order valence-corrected chi connectivity index (χ3v) is 7.16. The van der Waals surface area contributed by atoms with Gasteiger partial charge in [-0.1, -0.05) is 18.2 Å². The standard InChI is InChI=1S/C16H22BNO5.C15H20BNO5/c1-10-5-6-11-14-13(10)12(23-17(14)21-8-7-20-11)9-18-15(19)22-16(2,3)4;1-15(2,3)21-14(18)17-9-12-10-5-4-6-11-13(10)16(22-12)20-8-7-19-11/h5-6,12H,7-9H2,1-4H3,(H,18,19);4-6,12H,7-9H2,1-3H3,(H,17,18)/t2*12-/m11/s1. The molecule has 4 aliphatic rings. The number of alkyl carbamates (subject to hydrolysis) is 2. The molecular formula is C31H42B2N2O10. The summed E-state index contributed by atoms with van der Waals surface area (Å²) >= 11 is 0. The van der Waals surface area contributed by atoms with Gasteiger partial charge in [0.05, 0.1) is 25.4 Å². The van der Waals surface area contributed by atoms with Gasteiger partial charge in [0.2, 0.25) is 0 Å². The molecule has 0 unspecified atom stereocenters. The molecule has 0 fully saturated rings. The van der Waals surface area contributed by atoms with Crippen LogP contribution in [0, 0.1) is 6.92 Å². The molecule has 2 N–H and O–H groups in total. The molecule has 0 spiro atoms. The van der Waals surface area contributed by atoms with Crippen molar-refractivity contribution in [3.8, 4) is 11.5 Å². The summed E-state index contributed by atoms with van der Waals surface area (Å²) < 4.78 is 45.1. The Morgan fingerprint density at radius 2 is 1.29 bits per heavy atom. The molecule has 45 heavy (non-hydrogen) atoms. The first kappa shape index (κ1) is 32.9. The van der Waals surface area contributed by atoms with E-state index < -0.39 is 37.6 Å². The number of carbonyl (C=O) groups is 2. The predicted octanol–water partition coefficient (Wildman–Crippen LogP) is 3.08. The molecule has 0 aromatic heterocycles. The Hall–Kier alpha value is -3.45. The van der Waals surface area contributed by atoms with Crippen molar-refractivity contribution >= 4 is 37.3 Å². The van der Waals surface area contributed by atoms with E-state index in [1.54, 1.807) is 0 Å². The number of ether oxygens (including phenoxy) is 4. The molecule has 0 radical (unpaired) electrons. The molecule has 4 heterocycles. The molecule has 2 amide bonds. The summed E-state index contributed by atoms with van der Waals surface area (Å²) in [6.45, 7) is 15.6. The van der Waals surface area contributed by atoms with Gasteiger partial charge < -0.3 is 48.2 Å². The smallest absolute Gasteiger partial charge is 0.492 e. The molecule has 0 aliphatic carbocycles. The van der Waals surface area contributed by atoms with E-state index in [4.69, 9.17) is 37.6 Å². The predicted molar refractivity (Wildman–Crippen MR) is 167 cm³/mol. The molecule has 2 aromatic carbocycles. The van der Waals surface area contributed by atoms with Crippen LogP contribution in [0.3, 0.4) is 0 Å². The molecule has 2 aromatic rings. The summed E-state index contributed by atoms with van der Waals surface area (Å²) in [5.74, 6) is 1.59. The minimum atomic E-state index is -0.526. The lowest BCUT2D eigenvalue weighted by atomic mass is 9.76. The molecule has 14 heteroatoms. The van der Waals surface area contributed by atoms with Crippen LogP contribution in [0.4, 0.5) is 9.59 Å². The van der Waals surface area contributed by atoms with Gasteiger partial charge in [-0.3, -0.25) is 0 Å². The van der Waals surface area contributed by atoms with Gasteiger partial charge >= 0.3 is 26.4 Å². The average molecular weight is 624 g/mol. The largest absolute Gasteiger partial charge is 0.498 e. The van der Waals surface area contributed by atoms with E-state index >= 15 is 0 Å². The van der Waals surface area contributed by atoms with Crippen LogP contribution < -0.4 is 31.0 Å². The number of aryl methyl sites for hydroxylation is 1. The molecule has 0 saturated heterocycles. The number of hydrogen-bond donors (Lipinski definition) is 2. The number of amides is 2. The maximum atomic E-state index is 11.9. The van der Waals surface area contributed by atoms with Crippen molar-refractivity contribution in [3.05, 3.63) is 47.0 Å². The van der Waals surface area contributed by atoms with Crippen molar-refractivity contribution in [3.63, 3.8) is 0 Å². The van der Waals surface area contributed by atoms with E-state index in [1.165, 1.54) is 0 Å². The first-order chi connectivity index (χ1) is 21.3. The maximum absolute atomic E-state index is 11.9. The van der Waals surface area contributed by atoms with E-state index in [0.29, 0.717) is 39.5 Å². The molecule has 4 aliphatic heterocycles. The van der Waals surface area contributed by atoms with E-state index in [2.05, 4.69) is 10.6 Å². The first-order valence-corrected chi connectivity index (χ1v) is 15.3. The third kappa shape index (κ3) is 8.23. The van der Waals surface area contributed by atoms with Gasteiger partial charge in [-0.05, 0) is 77.3 Å². The second-order valence-corrected chi connectivity index (χ2v) is 13.1. The Balaban J connectivity index is 0.000000178. The average Bonchev–Trinajstić information content (AvgIpc) is 3.33. The van der Waals surface area contributed by atoms with Gasteiger partial charge in [0.15, 0.2) is 0 Å². The molecule has 6 rings (SSSR count). The maximum Gasteiger partial charge on any atom is 0.498 e. The minimum Gasteiger partial charge on any atom is -0.492 e. The molecule has 0 saturated carbocycles. The molecule has 12 nitrogen and oxygen atoms in total. The van der Waals surface area contributed by atoms with Crippen LogP contribution in [-0.4, -0.2) is 77.1 Å². The highest BCUT2D eigenvalue weighted by Gasteiger charge is 2.43. The van der Waals surface area contributed by atoms with Gasteiger partial charge in [-0.2, -0.15) is 0 Å². The number of hydrogen-bond acceptors (Lipinski definition) is 10. The second kappa shape index (κ2) is 13.5. The highest BCUT2D eigenvalue weighted by atomic mass is 16.6. The van der Waals surface area contributed by atoms with Crippen LogP contribution in [0.15, 0.2) is 30.3 Å². The van der Waals surface area contributed by atoms with Crippen LogP contribution in [0.2, 0.25) is 0 Å². The van der Waals surface area contributed by atoms with Crippen molar-refractivity contribution in [1.82, 2.24) is 10.6 Å². The van der Waals surface area contributed by atoms with Crippen molar-refractivity contribution < 1.29 is 47.2 Å². The Labute approximate surface area is 265 Å². The van der Waals surface area contributed by atoms with Gasteiger partial charge in [0.25, 0.3) is 0 Å². The molecule has 0 bridgehead atoms. The fraction of sp³-hybridized carbons (Fsp3) is 0.548. The summed E-state index contributed by atoms with van der Waals surface area (Å²) in [6, 6.07) is 9.76. The highest BCUT2D eigenvalue weighted by Crippen LogP contribution is 2.33. The Kier molecular flexibility index (Phi) is 9.88. The number of benzene rings is 2. The third-order valence-electron chi connectivity index (χ3n) is 7.16. The van der Waals surface area contributed by atoms with Crippen molar-refractivity contribution in [2.45, 2.75) is 71.9 Å². The SMILES string of the molecule is CC(C)(C)OC(=O)NC[C@H]1OB2OCCOc3cccc1c32.Cc1ccc2c3c1[C@@H](CNC(=O)OC(C)(C)C)OB3OCCO2. The van der Waals surface area contributed by atoms with Gasteiger partial charge in [-0.15, -0.1) is 0 Å². The summed E-state index contributed by atoms with van der Waals surface area (Å²) in [5, 5.41) is 5.51. The van der Waals surface area contributed by atoms with Crippen molar-refractivity contribution in [2.24, 2.45) is 0 Å². The molecule has 2 atom stereocenters. The Bertz CT molecular complexity index is 1390. The Morgan fingerprint density at radius 3 is 1.89 bits per heavy atom. The number of nitrogens with one attached hydrogen (secondary N) is 2. The lowest BCUT2D eigenvalue weighted by Crippen LogP contribution is -2.35. The van der Waals surface area contributed by atoms with E-state index in [-0.39, 0.29) is 12.2 Å². The van der Waals surface area contributed by atoms with E-state index in [9.17, 15) is 9.59 Å². The summed E-state index contributed by atoms with van der Waals surface area (Å²) in [4.78, 5) is 23.6. The lowest BCUT2D eigenvalue weighted by Gasteiger charge is -2.21. The van der Waals surface area contributed by atoms with E-state index in [1.807, 2.05) is 78.8 Å². The first-order valence-electron chi connectivity index (χ1n) is 15.3. The van der Waals surface area contributed by atoms with Crippen LogP contribution in [-0.2, 0) is 28.1 Å². The second-order valence-electron chi connectivity index (χ2n) is 13.1. The van der Waals surface area contributed by atoms with Gasteiger partial charge in [0.1, 0.15) is 35.9 Å². The van der Waals surface area contributed by atoms with Gasteiger partial charge in [0, 0.05) is 24.0 Å². The zero-order valence-corrected chi connectivity index (χ0v) is 27.0. The van der Waals surface area contributed by atoms with Crippen molar-refractivity contribution in [1.29, 1.82) is 0 Å². The van der Waals surface area contributed by atoms with Crippen LogP contribution in [0.5, 0.6) is 11.5 Å². The number of carbonyl (C=O) groups excluding carboxylic acids is 2. The minimum absolute atomic E-state index is 0.269. The summed E-state index contributed by atoms with van der Waals surface area (Å²) in [7, 11) is -0.869. The topological polar surface area (TPSA) is 132 Å². The monoisotopic (exact) mass is 624 g/mol. The normalized spacial score (nSPS) is 19.8. The zero-order valence-electron chi connectivity index (χ0n) is 27.0. The summed E-state index contributed by atoms with van der Waals surface area (Å²) in [5.41, 5.74) is 3.94. The van der Waals surface area contributed by atoms with Crippen LogP contribution in [0.25, 0.3) is 0 Å². The van der Waals surface area contributed by atoms with Crippen molar-refractivity contribution in [2.75, 3.05) is 39.5 Å². The fourth-order valence-electron chi connectivity index (χ4n) is 5.46. The molecule has 242 valence electrons. The summed E-state index contributed by atoms with van der Waals surface area (Å²) in [6.07, 6.45) is -1.45. The quantitative estimate of drug-likeness (QED) is 0.490. The number of rotatable bonds is 4. The van der Waals surface area contributed by atoms with Gasteiger partial charge in [-0.25, -0.2) is 9.59 Å². The highest BCUT2D eigenvalue weighted by molar-refractivity contribution is 6.64. The van der Waals surface area contributed by atoms with E-state index in [0.717, 1.165) is 39.1 Å². The van der Waals surface area contributed by atoms with Crippen LogP contribution >= 0.6 is 0 Å². The zero-order chi connectivity index (χ0) is 32.4. The molecular weight excluding hydrogens is 582 g/mol.